The molecule has 2 heterocycles. The molecule has 5 heteroatoms. The molecule has 0 bridgehead atoms. The maximum absolute atomic E-state index is 13.7. The Morgan fingerprint density at radius 1 is 1.26 bits per heavy atom. The van der Waals surface area contributed by atoms with Crippen molar-refractivity contribution in [3.05, 3.63) is 65.0 Å². The third-order valence-corrected chi connectivity index (χ3v) is 5.53. The number of para-hydroxylation sites is 1. The fourth-order valence-electron chi connectivity index (χ4n) is 3.93. The minimum atomic E-state index is -0.614. The molecule has 1 saturated heterocycles. The van der Waals surface area contributed by atoms with Crippen LogP contribution in [0.5, 0.6) is 5.75 Å². The second-order valence-electron chi connectivity index (χ2n) is 7.53. The molecule has 1 spiro atoms. The number of carbonyl (C=O) groups excluding carboxylic acids is 2. The smallest absolute Gasteiger partial charge is 0.223 e. The molecule has 0 N–H and O–H groups in total. The first-order valence-electron chi connectivity index (χ1n) is 9.30. The van der Waals surface area contributed by atoms with Crippen LogP contribution in [0.4, 0.5) is 4.39 Å². The van der Waals surface area contributed by atoms with E-state index in [-0.39, 0.29) is 17.5 Å². The summed E-state index contributed by atoms with van der Waals surface area (Å²) < 4.78 is 19.8. The molecule has 0 aliphatic carbocycles. The van der Waals surface area contributed by atoms with E-state index < -0.39 is 5.60 Å². The fraction of sp³-hybridized carbons (Fsp3) is 0.364. The highest BCUT2D eigenvalue weighted by molar-refractivity contribution is 6.00. The Labute approximate surface area is 157 Å². The van der Waals surface area contributed by atoms with Crippen molar-refractivity contribution in [1.82, 2.24) is 4.90 Å². The summed E-state index contributed by atoms with van der Waals surface area (Å²) in [7, 11) is 0. The number of carbonyl (C=O) groups is 2. The molecule has 4 nitrogen and oxygen atoms in total. The summed E-state index contributed by atoms with van der Waals surface area (Å²) in [6.45, 7) is 2.72. The molecule has 2 aromatic rings. The van der Waals surface area contributed by atoms with E-state index in [0.717, 1.165) is 5.56 Å². The number of ketones is 1. The van der Waals surface area contributed by atoms with Gasteiger partial charge in [-0.2, -0.15) is 0 Å². The van der Waals surface area contributed by atoms with Crippen molar-refractivity contribution in [3.63, 3.8) is 0 Å². The molecule has 0 saturated carbocycles. The van der Waals surface area contributed by atoms with Gasteiger partial charge in [-0.25, -0.2) is 4.39 Å². The fourth-order valence-corrected chi connectivity index (χ4v) is 3.93. The van der Waals surface area contributed by atoms with E-state index in [4.69, 9.17) is 4.74 Å². The van der Waals surface area contributed by atoms with Gasteiger partial charge in [-0.3, -0.25) is 9.59 Å². The van der Waals surface area contributed by atoms with Crippen LogP contribution in [-0.4, -0.2) is 35.3 Å². The molecular weight excluding hydrogens is 345 g/mol. The summed E-state index contributed by atoms with van der Waals surface area (Å²) in [6, 6.07) is 12.4. The Bertz CT molecular complexity index is 910. The lowest BCUT2D eigenvalue weighted by Gasteiger charge is -2.34. The van der Waals surface area contributed by atoms with Crippen LogP contribution in [0.3, 0.4) is 0 Å². The Balaban J connectivity index is 1.40. The minimum Gasteiger partial charge on any atom is -0.484 e. The second kappa shape index (κ2) is 6.80. The monoisotopic (exact) mass is 367 g/mol. The Morgan fingerprint density at radius 3 is 2.89 bits per heavy atom. The molecule has 1 amide bonds. The third kappa shape index (κ3) is 3.46. The van der Waals surface area contributed by atoms with Crippen LogP contribution in [0.1, 0.15) is 40.7 Å². The summed E-state index contributed by atoms with van der Waals surface area (Å²) in [6.07, 6.45) is 1.78. The number of halogens is 1. The van der Waals surface area contributed by atoms with Crippen molar-refractivity contribution >= 4 is 11.7 Å². The van der Waals surface area contributed by atoms with Crippen LogP contribution in [0.2, 0.25) is 0 Å². The summed E-state index contributed by atoms with van der Waals surface area (Å²) in [5, 5.41) is 0. The molecular formula is C22H22FNO3. The number of hydrogen-bond acceptors (Lipinski definition) is 3. The predicted octanol–water partition coefficient (Wildman–Crippen LogP) is 3.70. The standard InChI is InChI=1S/C22H22FNO3/c1-15-6-7-16(12-18(15)23)8-9-21(26)24-11-10-22(14-24)13-19(25)17-4-2-3-5-20(17)27-22/h2-7,12H,8-11,13-14H2,1H3. The number of nitrogens with zero attached hydrogens (tertiary/aromatic N) is 1. The van der Waals surface area contributed by atoms with E-state index in [1.807, 2.05) is 24.3 Å². The quantitative estimate of drug-likeness (QED) is 0.831. The third-order valence-electron chi connectivity index (χ3n) is 5.53. The molecule has 2 aromatic carbocycles. The van der Waals surface area contributed by atoms with Gasteiger partial charge in [0.05, 0.1) is 18.5 Å². The molecule has 1 unspecified atom stereocenters. The van der Waals surface area contributed by atoms with E-state index in [2.05, 4.69) is 0 Å². The topological polar surface area (TPSA) is 46.6 Å². The van der Waals surface area contributed by atoms with Crippen LogP contribution < -0.4 is 4.74 Å². The number of rotatable bonds is 3. The highest BCUT2D eigenvalue weighted by Crippen LogP contribution is 2.38. The molecule has 2 aliphatic heterocycles. The number of benzene rings is 2. The van der Waals surface area contributed by atoms with Crippen molar-refractivity contribution in [2.75, 3.05) is 13.1 Å². The SMILES string of the molecule is Cc1ccc(CCC(=O)N2CCC3(CC(=O)c4ccccc4O3)C2)cc1F. The van der Waals surface area contributed by atoms with Crippen LogP contribution in [-0.2, 0) is 11.2 Å². The van der Waals surface area contributed by atoms with Crippen LogP contribution in [0.15, 0.2) is 42.5 Å². The molecule has 1 fully saturated rings. The van der Waals surface area contributed by atoms with Crippen molar-refractivity contribution in [2.45, 2.75) is 38.2 Å². The number of fused-ring (bicyclic) bond motifs is 1. The first-order chi connectivity index (χ1) is 13.0. The zero-order valence-corrected chi connectivity index (χ0v) is 15.3. The van der Waals surface area contributed by atoms with Crippen molar-refractivity contribution in [1.29, 1.82) is 0 Å². The average molecular weight is 367 g/mol. The Hall–Kier alpha value is -2.69. The molecule has 2 aliphatic rings. The number of Topliss-reactive ketones (excluding diaryl/α,β-unsaturated/α-hetero) is 1. The number of hydrogen-bond donors (Lipinski definition) is 0. The lowest BCUT2D eigenvalue weighted by atomic mass is 9.89. The van der Waals surface area contributed by atoms with Crippen LogP contribution in [0, 0.1) is 12.7 Å². The first-order valence-corrected chi connectivity index (χ1v) is 9.30. The van der Waals surface area contributed by atoms with Gasteiger partial charge in [-0.05, 0) is 42.7 Å². The summed E-state index contributed by atoms with van der Waals surface area (Å²) in [5.41, 5.74) is 1.43. The van der Waals surface area contributed by atoms with Gasteiger partial charge in [0.2, 0.25) is 5.91 Å². The normalized spacial score (nSPS) is 21.3. The van der Waals surface area contributed by atoms with E-state index in [9.17, 15) is 14.0 Å². The Kier molecular flexibility index (Phi) is 4.46. The van der Waals surface area contributed by atoms with Crippen LogP contribution >= 0.6 is 0 Å². The molecule has 4 rings (SSSR count). The van der Waals surface area contributed by atoms with Crippen molar-refractivity contribution < 1.29 is 18.7 Å². The second-order valence-corrected chi connectivity index (χ2v) is 7.53. The predicted molar refractivity (Wildman–Crippen MR) is 99.4 cm³/mol. The zero-order chi connectivity index (χ0) is 19.0. The highest BCUT2D eigenvalue weighted by Gasteiger charge is 2.46. The van der Waals surface area contributed by atoms with E-state index in [1.165, 1.54) is 6.07 Å². The van der Waals surface area contributed by atoms with Gasteiger partial charge in [0.15, 0.2) is 5.78 Å². The number of aryl methyl sites for hydroxylation is 2. The van der Waals surface area contributed by atoms with E-state index in [0.29, 0.717) is 55.6 Å². The van der Waals surface area contributed by atoms with Crippen molar-refractivity contribution in [3.8, 4) is 5.75 Å². The van der Waals surface area contributed by atoms with Gasteiger partial charge in [0, 0.05) is 19.4 Å². The largest absolute Gasteiger partial charge is 0.484 e. The van der Waals surface area contributed by atoms with Gasteiger partial charge in [0.25, 0.3) is 0 Å². The van der Waals surface area contributed by atoms with Gasteiger partial charge >= 0.3 is 0 Å². The lowest BCUT2D eigenvalue weighted by Crippen LogP contribution is -2.45. The number of ether oxygens (including phenoxy) is 1. The molecule has 140 valence electrons. The van der Waals surface area contributed by atoms with Gasteiger partial charge in [0.1, 0.15) is 17.2 Å². The van der Waals surface area contributed by atoms with Crippen molar-refractivity contribution in [2.24, 2.45) is 0 Å². The number of likely N-dealkylation sites (tertiary alicyclic amines) is 1. The zero-order valence-electron chi connectivity index (χ0n) is 15.3. The van der Waals surface area contributed by atoms with Crippen LogP contribution in [0.25, 0.3) is 0 Å². The highest BCUT2D eigenvalue weighted by atomic mass is 19.1. The Morgan fingerprint density at radius 2 is 2.07 bits per heavy atom. The molecule has 1 atom stereocenters. The minimum absolute atomic E-state index is 0.0164. The summed E-state index contributed by atoms with van der Waals surface area (Å²) >= 11 is 0. The molecule has 0 radical (unpaired) electrons. The number of amides is 1. The molecule has 0 aromatic heterocycles. The summed E-state index contributed by atoms with van der Waals surface area (Å²) in [4.78, 5) is 26.9. The maximum Gasteiger partial charge on any atom is 0.223 e. The summed E-state index contributed by atoms with van der Waals surface area (Å²) in [5.74, 6) is 0.454. The van der Waals surface area contributed by atoms with E-state index >= 15 is 0 Å². The average Bonchev–Trinajstić information content (AvgIpc) is 3.05. The lowest BCUT2D eigenvalue weighted by molar-refractivity contribution is -0.130. The first kappa shape index (κ1) is 17.7. The van der Waals surface area contributed by atoms with Gasteiger partial charge < -0.3 is 9.64 Å². The maximum atomic E-state index is 13.7. The molecule has 27 heavy (non-hydrogen) atoms. The van der Waals surface area contributed by atoms with E-state index in [1.54, 1.807) is 24.0 Å². The van der Waals surface area contributed by atoms with Gasteiger partial charge in [-0.15, -0.1) is 0 Å². The van der Waals surface area contributed by atoms with Gasteiger partial charge in [-0.1, -0.05) is 24.3 Å².